The summed E-state index contributed by atoms with van der Waals surface area (Å²) in [6.07, 6.45) is 4.15. The number of aliphatic imine (C=N–C) groups is 1. The van der Waals surface area contributed by atoms with Crippen LogP contribution in [0.1, 0.15) is 20.7 Å². The molecule has 0 saturated heterocycles. The molecule has 0 fully saturated rings. The van der Waals surface area contributed by atoms with E-state index < -0.39 is 5.91 Å². The maximum absolute atomic E-state index is 12.2. The van der Waals surface area contributed by atoms with Crippen molar-refractivity contribution < 1.29 is 14.4 Å². The molecule has 0 unspecified atom stereocenters. The summed E-state index contributed by atoms with van der Waals surface area (Å²) in [5, 5.41) is 2.69. The molecule has 1 aliphatic rings. The zero-order valence-electron chi connectivity index (χ0n) is 13.2. The summed E-state index contributed by atoms with van der Waals surface area (Å²) in [6, 6.07) is 17.2. The highest BCUT2D eigenvalue weighted by molar-refractivity contribution is 6.50. The predicted molar refractivity (Wildman–Crippen MR) is 94.3 cm³/mol. The number of benzene rings is 2. The number of amides is 2. The molecule has 3 rings (SSSR count). The Morgan fingerprint density at radius 3 is 2.04 bits per heavy atom. The van der Waals surface area contributed by atoms with E-state index in [1.165, 1.54) is 18.2 Å². The van der Waals surface area contributed by atoms with Crippen LogP contribution >= 0.6 is 0 Å². The van der Waals surface area contributed by atoms with Crippen molar-refractivity contribution in [1.29, 1.82) is 0 Å². The normalized spacial score (nSPS) is 15.0. The Hall–Kier alpha value is -3.60. The van der Waals surface area contributed by atoms with Crippen LogP contribution in [0, 0.1) is 0 Å². The van der Waals surface area contributed by atoms with Gasteiger partial charge < -0.3 is 5.32 Å². The summed E-state index contributed by atoms with van der Waals surface area (Å²) in [4.78, 5) is 40.1. The molecule has 0 radical (unpaired) electrons. The van der Waals surface area contributed by atoms with Crippen molar-refractivity contribution in [2.45, 2.75) is 0 Å². The largest absolute Gasteiger partial charge is 0.322 e. The van der Waals surface area contributed by atoms with Crippen molar-refractivity contribution in [3.63, 3.8) is 0 Å². The van der Waals surface area contributed by atoms with Gasteiger partial charge in [0.05, 0.1) is 0 Å². The van der Waals surface area contributed by atoms with E-state index in [0.29, 0.717) is 16.8 Å². The van der Waals surface area contributed by atoms with Gasteiger partial charge in [-0.1, -0.05) is 36.4 Å². The van der Waals surface area contributed by atoms with Gasteiger partial charge in [-0.25, -0.2) is 4.99 Å². The fourth-order valence-electron chi connectivity index (χ4n) is 2.23. The smallest absolute Gasteiger partial charge is 0.277 e. The molecule has 0 aromatic heterocycles. The van der Waals surface area contributed by atoms with E-state index in [9.17, 15) is 14.4 Å². The average molecular weight is 330 g/mol. The van der Waals surface area contributed by atoms with Crippen molar-refractivity contribution >= 4 is 23.3 Å². The lowest BCUT2D eigenvalue weighted by atomic mass is 10.1. The third kappa shape index (κ3) is 4.03. The minimum atomic E-state index is -0.510. The van der Waals surface area contributed by atoms with Gasteiger partial charge in [0.25, 0.3) is 11.8 Å². The molecule has 2 amide bonds. The molecule has 0 spiro atoms. The molecular weight excluding hydrogens is 316 g/mol. The lowest BCUT2D eigenvalue weighted by Gasteiger charge is -2.10. The molecule has 0 heterocycles. The number of rotatable bonds is 3. The minimum Gasteiger partial charge on any atom is -0.322 e. The second-order valence-electron chi connectivity index (χ2n) is 5.29. The van der Waals surface area contributed by atoms with Gasteiger partial charge in [0.1, 0.15) is 5.71 Å². The number of hydrogen-bond acceptors (Lipinski definition) is 3. The summed E-state index contributed by atoms with van der Waals surface area (Å²) in [6.45, 7) is 0. The van der Waals surface area contributed by atoms with E-state index >= 15 is 0 Å². The molecule has 0 saturated carbocycles. The second kappa shape index (κ2) is 7.31. The molecular formula is C20H14N2O3. The van der Waals surface area contributed by atoms with Crippen LogP contribution in [0.4, 0.5) is 0 Å². The van der Waals surface area contributed by atoms with Crippen LogP contribution < -0.4 is 5.32 Å². The number of nitrogens with zero attached hydrogens (tertiary/aromatic N) is 1. The van der Waals surface area contributed by atoms with Crippen LogP contribution in [0.15, 0.2) is 89.6 Å². The SMILES string of the molecule is O=C1C=CC(NC(=O)c2ccccc2)=CC1=NC(=O)c1ccccc1. The summed E-state index contributed by atoms with van der Waals surface area (Å²) in [5.41, 5.74) is 1.26. The fraction of sp³-hybridized carbons (Fsp3) is 0. The first-order valence-corrected chi connectivity index (χ1v) is 7.62. The van der Waals surface area contributed by atoms with Crippen LogP contribution in [0.2, 0.25) is 0 Å². The number of ketones is 1. The zero-order chi connectivity index (χ0) is 17.6. The molecule has 0 bridgehead atoms. The molecule has 0 atom stereocenters. The Morgan fingerprint density at radius 2 is 1.40 bits per heavy atom. The van der Waals surface area contributed by atoms with Crippen molar-refractivity contribution in [2.24, 2.45) is 4.99 Å². The highest BCUT2D eigenvalue weighted by atomic mass is 16.2. The quantitative estimate of drug-likeness (QED) is 0.879. The molecule has 25 heavy (non-hydrogen) atoms. The fourth-order valence-corrected chi connectivity index (χ4v) is 2.23. The number of carbonyl (C=O) groups is 3. The van der Waals surface area contributed by atoms with E-state index in [0.717, 1.165) is 0 Å². The summed E-state index contributed by atoms with van der Waals surface area (Å²) in [5.74, 6) is -1.20. The van der Waals surface area contributed by atoms with Crippen molar-refractivity contribution in [3.8, 4) is 0 Å². The molecule has 5 heteroatoms. The Kier molecular flexibility index (Phi) is 4.76. The lowest BCUT2D eigenvalue weighted by molar-refractivity contribution is -0.108. The van der Waals surface area contributed by atoms with Gasteiger partial charge in [0, 0.05) is 16.8 Å². The zero-order valence-corrected chi connectivity index (χ0v) is 13.2. The molecule has 5 nitrogen and oxygen atoms in total. The maximum Gasteiger partial charge on any atom is 0.277 e. The maximum atomic E-state index is 12.2. The highest BCUT2D eigenvalue weighted by Gasteiger charge is 2.16. The van der Waals surface area contributed by atoms with E-state index in [-0.39, 0.29) is 17.4 Å². The van der Waals surface area contributed by atoms with Gasteiger partial charge >= 0.3 is 0 Å². The Labute approximate surface area is 144 Å². The van der Waals surface area contributed by atoms with Gasteiger partial charge in [0.15, 0.2) is 0 Å². The Balaban J connectivity index is 1.80. The third-order valence-corrected chi connectivity index (χ3v) is 3.50. The lowest BCUT2D eigenvalue weighted by Crippen LogP contribution is -2.26. The highest BCUT2D eigenvalue weighted by Crippen LogP contribution is 2.08. The van der Waals surface area contributed by atoms with Crippen molar-refractivity contribution in [2.75, 3.05) is 0 Å². The van der Waals surface area contributed by atoms with Crippen LogP contribution in [0.5, 0.6) is 0 Å². The first-order chi connectivity index (χ1) is 12.1. The molecule has 1 aliphatic carbocycles. The second-order valence-corrected chi connectivity index (χ2v) is 5.29. The molecule has 0 aliphatic heterocycles. The van der Waals surface area contributed by atoms with Crippen molar-refractivity contribution in [1.82, 2.24) is 5.32 Å². The molecule has 122 valence electrons. The number of allylic oxidation sites excluding steroid dienone is 3. The molecule has 1 N–H and O–H groups in total. The van der Waals surface area contributed by atoms with Crippen LogP contribution in [0.25, 0.3) is 0 Å². The Morgan fingerprint density at radius 1 is 0.800 bits per heavy atom. The summed E-state index contributed by atoms with van der Waals surface area (Å²) >= 11 is 0. The van der Waals surface area contributed by atoms with E-state index in [1.54, 1.807) is 54.6 Å². The van der Waals surface area contributed by atoms with Crippen LogP contribution in [-0.2, 0) is 4.79 Å². The monoisotopic (exact) mass is 330 g/mol. The summed E-state index contributed by atoms with van der Waals surface area (Å²) < 4.78 is 0. The van der Waals surface area contributed by atoms with Gasteiger partial charge in [-0.3, -0.25) is 14.4 Å². The Bertz CT molecular complexity index is 910. The predicted octanol–water partition coefficient (Wildman–Crippen LogP) is 2.72. The first kappa shape index (κ1) is 16.3. The van der Waals surface area contributed by atoms with Gasteiger partial charge in [-0.15, -0.1) is 0 Å². The van der Waals surface area contributed by atoms with Gasteiger partial charge in [-0.2, -0.15) is 0 Å². The number of nitrogens with one attached hydrogen (secondary N) is 1. The van der Waals surface area contributed by atoms with Crippen LogP contribution in [0.3, 0.4) is 0 Å². The number of hydrogen-bond donors (Lipinski definition) is 1. The van der Waals surface area contributed by atoms with Crippen LogP contribution in [-0.4, -0.2) is 23.3 Å². The molecule has 2 aromatic carbocycles. The average Bonchev–Trinajstić information content (AvgIpc) is 2.66. The topological polar surface area (TPSA) is 75.6 Å². The van der Waals surface area contributed by atoms with Gasteiger partial charge in [-0.05, 0) is 42.5 Å². The first-order valence-electron chi connectivity index (χ1n) is 7.62. The van der Waals surface area contributed by atoms with Gasteiger partial charge in [0.2, 0.25) is 5.78 Å². The van der Waals surface area contributed by atoms with Crippen molar-refractivity contribution in [3.05, 3.63) is 95.7 Å². The summed E-state index contributed by atoms with van der Waals surface area (Å²) in [7, 11) is 0. The standard InChI is InChI=1S/C20H14N2O3/c23-18-12-11-16(21-19(24)14-7-3-1-4-8-14)13-17(18)22-20(25)15-9-5-2-6-10-15/h1-13H,(H,21,24). The third-order valence-electron chi connectivity index (χ3n) is 3.50. The number of carbonyl (C=O) groups excluding carboxylic acids is 3. The van der Waals surface area contributed by atoms with E-state index in [4.69, 9.17) is 0 Å². The van der Waals surface area contributed by atoms with E-state index in [1.807, 2.05) is 6.07 Å². The molecule has 2 aromatic rings. The minimum absolute atomic E-state index is 0.0142. The van der Waals surface area contributed by atoms with E-state index in [2.05, 4.69) is 10.3 Å².